The first-order valence-corrected chi connectivity index (χ1v) is 11.4. The summed E-state index contributed by atoms with van der Waals surface area (Å²) < 4.78 is 11.3. The summed E-state index contributed by atoms with van der Waals surface area (Å²) in [5.41, 5.74) is 1.42. The minimum atomic E-state index is -0.714. The molecule has 0 fully saturated rings. The number of ether oxygens (including phenoxy) is 2. The number of anilines is 3. The van der Waals surface area contributed by atoms with Crippen LogP contribution < -0.4 is 25.0 Å². The zero-order valence-electron chi connectivity index (χ0n) is 18.6. The number of halogens is 2. The summed E-state index contributed by atoms with van der Waals surface area (Å²) in [5, 5.41) is 5.41. The highest BCUT2D eigenvalue weighted by Crippen LogP contribution is 2.38. The third-order valence-electron chi connectivity index (χ3n) is 5.17. The molecule has 0 saturated carbocycles. The molecule has 0 aromatic heterocycles. The summed E-state index contributed by atoms with van der Waals surface area (Å²) in [6, 6.07) is 18.4. The van der Waals surface area contributed by atoms with Gasteiger partial charge in [-0.2, -0.15) is 0 Å². The lowest BCUT2D eigenvalue weighted by Gasteiger charge is -2.19. The van der Waals surface area contributed by atoms with Crippen molar-refractivity contribution in [1.82, 2.24) is 0 Å². The van der Waals surface area contributed by atoms with Crippen molar-refractivity contribution >= 4 is 62.3 Å². The van der Waals surface area contributed by atoms with Crippen molar-refractivity contribution < 1.29 is 23.9 Å². The Morgan fingerprint density at radius 3 is 2.43 bits per heavy atom. The lowest BCUT2D eigenvalue weighted by atomic mass is 10.1. The van der Waals surface area contributed by atoms with Gasteiger partial charge in [0, 0.05) is 21.8 Å². The number of methoxy groups -OCH3 is 2. The fourth-order valence-corrected chi connectivity index (χ4v) is 4.04. The number of amides is 3. The summed E-state index contributed by atoms with van der Waals surface area (Å²) in [4.78, 5) is 39.8. The lowest BCUT2D eigenvalue weighted by molar-refractivity contribution is -0.120. The van der Waals surface area contributed by atoms with E-state index in [0.29, 0.717) is 28.4 Å². The van der Waals surface area contributed by atoms with Crippen molar-refractivity contribution in [3.63, 3.8) is 0 Å². The number of rotatable bonds is 7. The molecule has 0 atom stereocenters. The van der Waals surface area contributed by atoms with Gasteiger partial charge in [0.15, 0.2) is 0 Å². The maximum Gasteiger partial charge on any atom is 0.283 e. The topological polar surface area (TPSA) is 97.0 Å². The van der Waals surface area contributed by atoms with Crippen LogP contribution in [0.4, 0.5) is 17.1 Å². The molecule has 3 aromatic rings. The molecule has 2 N–H and O–H groups in total. The van der Waals surface area contributed by atoms with E-state index in [1.54, 1.807) is 48.5 Å². The van der Waals surface area contributed by atoms with E-state index >= 15 is 0 Å². The van der Waals surface area contributed by atoms with Crippen LogP contribution in [0.3, 0.4) is 0 Å². The van der Waals surface area contributed by atoms with Gasteiger partial charge in [-0.15, -0.1) is 0 Å². The Bertz CT molecular complexity index is 1370. The van der Waals surface area contributed by atoms with E-state index in [-0.39, 0.29) is 22.3 Å². The molecule has 10 heteroatoms. The van der Waals surface area contributed by atoms with Crippen LogP contribution in [0.15, 0.2) is 81.9 Å². The predicted molar refractivity (Wildman–Crippen MR) is 137 cm³/mol. The Morgan fingerprint density at radius 2 is 1.71 bits per heavy atom. The Hall–Kier alpha value is -3.82. The van der Waals surface area contributed by atoms with Crippen LogP contribution >= 0.6 is 27.5 Å². The van der Waals surface area contributed by atoms with Crippen LogP contribution in [0.2, 0.25) is 0 Å². The smallest absolute Gasteiger partial charge is 0.283 e. The molecule has 1 aliphatic heterocycles. The maximum absolute atomic E-state index is 13.2. The van der Waals surface area contributed by atoms with Crippen molar-refractivity contribution in [3.8, 4) is 11.5 Å². The Balaban J connectivity index is 1.58. The Labute approximate surface area is 214 Å². The molecule has 1 aliphatic rings. The summed E-state index contributed by atoms with van der Waals surface area (Å²) >= 11 is 9.66. The van der Waals surface area contributed by atoms with E-state index in [1.165, 1.54) is 20.3 Å². The molecule has 0 saturated heterocycles. The molecule has 35 heavy (non-hydrogen) atoms. The first kappa shape index (κ1) is 24.3. The van der Waals surface area contributed by atoms with Crippen LogP contribution in [0.5, 0.6) is 11.5 Å². The molecule has 0 radical (unpaired) electrons. The summed E-state index contributed by atoms with van der Waals surface area (Å²) in [7, 11) is 2.89. The minimum absolute atomic E-state index is 0.120. The molecule has 8 nitrogen and oxygen atoms in total. The summed E-state index contributed by atoms with van der Waals surface area (Å²) in [6.45, 7) is 0. The Kier molecular flexibility index (Phi) is 7.09. The molecular weight excluding hydrogens is 538 g/mol. The zero-order chi connectivity index (χ0) is 25.1. The second-order valence-corrected chi connectivity index (χ2v) is 8.54. The minimum Gasteiger partial charge on any atom is -0.497 e. The molecule has 0 aliphatic carbocycles. The quantitative estimate of drug-likeness (QED) is 0.391. The number of imide groups is 1. The van der Waals surface area contributed by atoms with Crippen LogP contribution in [0, 0.1) is 0 Å². The molecule has 3 amide bonds. The standard InChI is InChI=1S/C25H19BrClN3O5/c1-34-16-10-11-20(35-2)19(13-16)30-24(32)21(27)22(25(30)33)28-15-7-5-6-14(12-15)23(31)29-18-9-4-3-8-17(18)26/h3-13,28H,1-2H3,(H,29,31). The van der Waals surface area contributed by atoms with Crippen LogP contribution in [0.25, 0.3) is 0 Å². The molecule has 0 unspecified atom stereocenters. The molecule has 0 spiro atoms. The highest BCUT2D eigenvalue weighted by atomic mass is 79.9. The third kappa shape index (κ3) is 4.87. The number of nitrogens with one attached hydrogen (secondary N) is 2. The van der Waals surface area contributed by atoms with E-state index in [1.807, 2.05) is 12.1 Å². The number of nitrogens with zero attached hydrogens (tertiary/aromatic N) is 1. The fourth-order valence-electron chi connectivity index (χ4n) is 3.44. The van der Waals surface area contributed by atoms with Gasteiger partial charge in [-0.1, -0.05) is 29.8 Å². The van der Waals surface area contributed by atoms with E-state index in [9.17, 15) is 14.4 Å². The first-order chi connectivity index (χ1) is 16.8. The predicted octanol–water partition coefficient (Wildman–Crippen LogP) is 5.15. The van der Waals surface area contributed by atoms with Crippen LogP contribution in [0.1, 0.15) is 10.4 Å². The average molecular weight is 557 g/mol. The second kappa shape index (κ2) is 10.2. The van der Waals surface area contributed by atoms with Gasteiger partial charge in [-0.3, -0.25) is 14.4 Å². The van der Waals surface area contributed by atoms with Crippen molar-refractivity contribution in [2.24, 2.45) is 0 Å². The monoisotopic (exact) mass is 555 g/mol. The molecule has 178 valence electrons. The van der Waals surface area contributed by atoms with Crippen molar-refractivity contribution in [2.75, 3.05) is 29.8 Å². The van der Waals surface area contributed by atoms with Gasteiger partial charge in [0.1, 0.15) is 22.2 Å². The molecular formula is C25H19BrClN3O5. The van der Waals surface area contributed by atoms with E-state index in [0.717, 1.165) is 9.37 Å². The zero-order valence-corrected chi connectivity index (χ0v) is 20.9. The highest BCUT2D eigenvalue weighted by Gasteiger charge is 2.40. The SMILES string of the molecule is COc1ccc(OC)c(N2C(=O)C(Cl)=C(Nc3cccc(C(=O)Nc4ccccc4Br)c3)C2=O)c1. The van der Waals surface area contributed by atoms with Gasteiger partial charge in [-0.25, -0.2) is 4.90 Å². The molecule has 0 bridgehead atoms. The number of hydrogen-bond donors (Lipinski definition) is 2. The van der Waals surface area contributed by atoms with Crippen molar-refractivity contribution in [2.45, 2.75) is 0 Å². The maximum atomic E-state index is 13.2. The second-order valence-electron chi connectivity index (χ2n) is 7.31. The van der Waals surface area contributed by atoms with E-state index < -0.39 is 11.8 Å². The fraction of sp³-hybridized carbons (Fsp3) is 0.0800. The van der Waals surface area contributed by atoms with Crippen LogP contribution in [-0.4, -0.2) is 31.9 Å². The van der Waals surface area contributed by atoms with Crippen molar-refractivity contribution in [3.05, 3.63) is 87.5 Å². The van der Waals surface area contributed by atoms with Gasteiger partial charge in [0.05, 0.1) is 25.6 Å². The number of carbonyl (C=O) groups is 3. The molecule has 1 heterocycles. The van der Waals surface area contributed by atoms with Crippen molar-refractivity contribution in [1.29, 1.82) is 0 Å². The largest absolute Gasteiger partial charge is 0.497 e. The van der Waals surface area contributed by atoms with Gasteiger partial charge in [-0.05, 0) is 58.4 Å². The number of para-hydroxylation sites is 1. The highest BCUT2D eigenvalue weighted by molar-refractivity contribution is 9.10. The number of hydrogen-bond acceptors (Lipinski definition) is 6. The van der Waals surface area contributed by atoms with Gasteiger partial charge in [0.25, 0.3) is 17.7 Å². The normalized spacial score (nSPS) is 13.2. The lowest BCUT2D eigenvalue weighted by Crippen LogP contribution is -2.32. The van der Waals surface area contributed by atoms with Crippen LogP contribution in [-0.2, 0) is 9.59 Å². The number of benzene rings is 3. The summed E-state index contributed by atoms with van der Waals surface area (Å²) in [5.74, 6) is -1.01. The molecule has 4 rings (SSSR count). The van der Waals surface area contributed by atoms with E-state index in [4.69, 9.17) is 21.1 Å². The molecule has 3 aromatic carbocycles. The third-order valence-corrected chi connectivity index (χ3v) is 6.21. The summed E-state index contributed by atoms with van der Waals surface area (Å²) in [6.07, 6.45) is 0. The van der Waals surface area contributed by atoms with Gasteiger partial charge >= 0.3 is 0 Å². The van der Waals surface area contributed by atoms with E-state index in [2.05, 4.69) is 26.6 Å². The first-order valence-electron chi connectivity index (χ1n) is 10.3. The van der Waals surface area contributed by atoms with Gasteiger partial charge in [0.2, 0.25) is 0 Å². The Morgan fingerprint density at radius 1 is 0.943 bits per heavy atom. The number of carbonyl (C=O) groups excluding carboxylic acids is 3. The van der Waals surface area contributed by atoms with Gasteiger partial charge < -0.3 is 20.1 Å². The average Bonchev–Trinajstić information content (AvgIpc) is 3.08.